The maximum absolute atomic E-state index is 12.6. The molecule has 2 aromatic rings. The van der Waals surface area contributed by atoms with Gasteiger partial charge < -0.3 is 15.1 Å². The number of amides is 2. The molecule has 2 saturated heterocycles. The van der Waals surface area contributed by atoms with Gasteiger partial charge in [0.2, 0.25) is 5.91 Å². The Labute approximate surface area is 179 Å². The Kier molecular flexibility index (Phi) is 6.80. The summed E-state index contributed by atoms with van der Waals surface area (Å²) in [6.45, 7) is 5.57. The molecular formula is C25H32N3O2+. The van der Waals surface area contributed by atoms with Crippen LogP contribution in [0.3, 0.4) is 0 Å². The Bertz CT molecular complexity index is 872. The van der Waals surface area contributed by atoms with Crippen LogP contribution in [-0.4, -0.2) is 36.3 Å². The van der Waals surface area contributed by atoms with Gasteiger partial charge in [-0.25, -0.2) is 0 Å². The molecule has 0 spiro atoms. The molecule has 2 amide bonds. The van der Waals surface area contributed by atoms with Gasteiger partial charge in [-0.15, -0.1) is 0 Å². The summed E-state index contributed by atoms with van der Waals surface area (Å²) >= 11 is 0. The third kappa shape index (κ3) is 5.48. The van der Waals surface area contributed by atoms with Gasteiger partial charge in [-0.1, -0.05) is 36.4 Å². The number of carbonyl (C=O) groups is 2. The molecule has 2 aliphatic heterocycles. The Balaban J connectivity index is 1.28. The minimum absolute atomic E-state index is 0.0774. The Hall–Kier alpha value is -2.66. The fraction of sp³-hybridized carbons (Fsp3) is 0.440. The van der Waals surface area contributed by atoms with E-state index in [0.29, 0.717) is 25.1 Å². The summed E-state index contributed by atoms with van der Waals surface area (Å²) in [5, 5.41) is 3.02. The minimum atomic E-state index is -0.0774. The molecule has 5 nitrogen and oxygen atoms in total. The first kappa shape index (κ1) is 20.6. The molecule has 5 heteroatoms. The van der Waals surface area contributed by atoms with Gasteiger partial charge in [0.05, 0.1) is 13.1 Å². The average molecular weight is 407 g/mol. The van der Waals surface area contributed by atoms with E-state index in [2.05, 4.69) is 29.6 Å². The van der Waals surface area contributed by atoms with Crippen LogP contribution in [-0.2, 0) is 24.4 Å². The molecule has 0 radical (unpaired) electrons. The summed E-state index contributed by atoms with van der Waals surface area (Å²) in [5.41, 5.74) is 4.12. The number of nitrogens with one attached hydrogen (secondary N) is 2. The quantitative estimate of drug-likeness (QED) is 0.741. The van der Waals surface area contributed by atoms with E-state index in [0.717, 1.165) is 30.6 Å². The van der Waals surface area contributed by atoms with Gasteiger partial charge in [0.1, 0.15) is 6.54 Å². The number of quaternary nitrogens is 1. The molecule has 0 saturated carbocycles. The number of rotatable bonds is 7. The summed E-state index contributed by atoms with van der Waals surface area (Å²) in [6.07, 6.45) is 5.63. The van der Waals surface area contributed by atoms with Crippen molar-refractivity contribution >= 4 is 11.8 Å². The number of piperidine rings is 1. The van der Waals surface area contributed by atoms with Crippen molar-refractivity contribution in [3.05, 3.63) is 70.8 Å². The summed E-state index contributed by atoms with van der Waals surface area (Å²) in [5.74, 6) is 0.127. The molecule has 4 rings (SSSR count). The maximum Gasteiger partial charge on any atom is 0.251 e. The molecule has 2 aromatic carbocycles. The fourth-order valence-corrected chi connectivity index (χ4v) is 4.48. The van der Waals surface area contributed by atoms with Crippen molar-refractivity contribution in [3.63, 3.8) is 0 Å². The van der Waals surface area contributed by atoms with Crippen LogP contribution in [0.5, 0.6) is 0 Å². The summed E-state index contributed by atoms with van der Waals surface area (Å²) in [7, 11) is 0. The van der Waals surface area contributed by atoms with Crippen LogP contribution < -0.4 is 10.2 Å². The van der Waals surface area contributed by atoms with E-state index in [4.69, 9.17) is 0 Å². The second-order valence-electron chi connectivity index (χ2n) is 8.61. The first-order valence-electron chi connectivity index (χ1n) is 11.2. The third-order valence-electron chi connectivity index (χ3n) is 6.22. The average Bonchev–Trinajstić information content (AvgIpc) is 3.18. The molecule has 30 heavy (non-hydrogen) atoms. The molecule has 0 unspecified atom stereocenters. The summed E-state index contributed by atoms with van der Waals surface area (Å²) in [6, 6.07) is 16.2. The van der Waals surface area contributed by atoms with Gasteiger partial charge in [-0.3, -0.25) is 9.59 Å². The molecular weight excluding hydrogens is 374 g/mol. The van der Waals surface area contributed by atoms with E-state index in [1.165, 1.54) is 37.9 Å². The predicted octanol–water partition coefficient (Wildman–Crippen LogP) is 2.31. The summed E-state index contributed by atoms with van der Waals surface area (Å²) < 4.78 is 0. The highest BCUT2D eigenvalue weighted by Crippen LogP contribution is 2.15. The lowest BCUT2D eigenvalue weighted by atomic mass is 10.1. The zero-order chi connectivity index (χ0) is 20.8. The van der Waals surface area contributed by atoms with Crippen molar-refractivity contribution < 1.29 is 14.5 Å². The second kappa shape index (κ2) is 9.90. The van der Waals surface area contributed by atoms with Crippen LogP contribution in [0.25, 0.3) is 0 Å². The molecule has 0 bridgehead atoms. The molecule has 2 N–H and O–H groups in total. The lowest BCUT2D eigenvalue weighted by Gasteiger charge is -2.23. The Morgan fingerprint density at radius 3 is 2.43 bits per heavy atom. The highest BCUT2D eigenvalue weighted by Gasteiger charge is 2.20. The van der Waals surface area contributed by atoms with Crippen LogP contribution in [0, 0.1) is 0 Å². The van der Waals surface area contributed by atoms with Gasteiger partial charge in [0, 0.05) is 37.2 Å². The van der Waals surface area contributed by atoms with Crippen molar-refractivity contribution in [1.29, 1.82) is 0 Å². The Morgan fingerprint density at radius 1 is 0.933 bits per heavy atom. The van der Waals surface area contributed by atoms with Crippen LogP contribution >= 0.6 is 0 Å². The van der Waals surface area contributed by atoms with E-state index in [1.54, 1.807) is 4.90 Å². The van der Waals surface area contributed by atoms with Gasteiger partial charge in [-0.05, 0) is 48.9 Å². The smallest absolute Gasteiger partial charge is 0.251 e. The number of nitrogens with zero attached hydrogens (tertiary/aromatic N) is 1. The van der Waals surface area contributed by atoms with Gasteiger partial charge in [-0.2, -0.15) is 0 Å². The van der Waals surface area contributed by atoms with Gasteiger partial charge in [0.15, 0.2) is 0 Å². The van der Waals surface area contributed by atoms with Crippen molar-refractivity contribution in [2.75, 3.05) is 19.6 Å². The Morgan fingerprint density at radius 2 is 1.70 bits per heavy atom. The molecule has 158 valence electrons. The number of likely N-dealkylation sites (tertiary alicyclic amines) is 2. The van der Waals surface area contributed by atoms with E-state index in [9.17, 15) is 9.59 Å². The first-order chi connectivity index (χ1) is 14.7. The predicted molar refractivity (Wildman–Crippen MR) is 117 cm³/mol. The fourth-order valence-electron chi connectivity index (χ4n) is 4.48. The number of carbonyl (C=O) groups excluding carboxylic acids is 2. The number of benzene rings is 2. The SMILES string of the molecule is O=C(NCc1ccc(C[NH+]2CCCCC2)cc1)c1cccc(CN2CCCC2=O)c1. The number of hydrogen-bond donors (Lipinski definition) is 2. The third-order valence-corrected chi connectivity index (χ3v) is 6.22. The molecule has 0 atom stereocenters. The van der Waals surface area contributed by atoms with Crippen LogP contribution in [0.4, 0.5) is 0 Å². The highest BCUT2D eigenvalue weighted by atomic mass is 16.2. The lowest BCUT2D eigenvalue weighted by Crippen LogP contribution is -3.11. The number of hydrogen-bond acceptors (Lipinski definition) is 2. The van der Waals surface area contributed by atoms with Crippen LogP contribution in [0.15, 0.2) is 48.5 Å². The van der Waals surface area contributed by atoms with Crippen molar-refractivity contribution in [2.45, 2.75) is 51.7 Å². The topological polar surface area (TPSA) is 53.9 Å². The van der Waals surface area contributed by atoms with Gasteiger partial charge >= 0.3 is 0 Å². The highest BCUT2D eigenvalue weighted by molar-refractivity contribution is 5.94. The van der Waals surface area contributed by atoms with Crippen molar-refractivity contribution in [2.24, 2.45) is 0 Å². The normalized spacial score (nSPS) is 17.3. The van der Waals surface area contributed by atoms with E-state index < -0.39 is 0 Å². The molecule has 2 fully saturated rings. The molecule has 2 heterocycles. The lowest BCUT2D eigenvalue weighted by molar-refractivity contribution is -0.918. The molecule has 0 aromatic heterocycles. The maximum atomic E-state index is 12.6. The standard InChI is InChI=1S/C25H31N3O2/c29-24-8-5-15-28(24)19-22-6-4-7-23(16-22)25(30)26-17-20-9-11-21(12-10-20)18-27-13-2-1-3-14-27/h4,6-7,9-12,16H,1-3,5,8,13-15,17-19H2,(H,26,30)/p+1. The first-order valence-corrected chi connectivity index (χ1v) is 11.2. The molecule has 2 aliphatic rings. The largest absolute Gasteiger partial charge is 0.348 e. The van der Waals surface area contributed by atoms with E-state index in [-0.39, 0.29) is 11.8 Å². The van der Waals surface area contributed by atoms with Crippen molar-refractivity contribution in [1.82, 2.24) is 10.2 Å². The van der Waals surface area contributed by atoms with Crippen LogP contribution in [0.2, 0.25) is 0 Å². The summed E-state index contributed by atoms with van der Waals surface area (Å²) in [4.78, 5) is 28.0. The molecule has 0 aliphatic carbocycles. The van der Waals surface area contributed by atoms with Gasteiger partial charge in [0.25, 0.3) is 5.91 Å². The minimum Gasteiger partial charge on any atom is -0.348 e. The van der Waals surface area contributed by atoms with E-state index in [1.807, 2.05) is 29.2 Å². The van der Waals surface area contributed by atoms with E-state index >= 15 is 0 Å². The second-order valence-corrected chi connectivity index (χ2v) is 8.61. The zero-order valence-corrected chi connectivity index (χ0v) is 17.7. The van der Waals surface area contributed by atoms with Crippen LogP contribution in [0.1, 0.15) is 59.2 Å². The zero-order valence-electron chi connectivity index (χ0n) is 17.7. The monoisotopic (exact) mass is 406 g/mol. The van der Waals surface area contributed by atoms with Crippen molar-refractivity contribution in [3.8, 4) is 0 Å².